The summed E-state index contributed by atoms with van der Waals surface area (Å²) in [4.78, 5) is 14.1. The fraction of sp³-hybridized carbons (Fsp3) is 0.462. The Bertz CT molecular complexity index is 370. The molecular formula is C13H18FNO2S. The van der Waals surface area contributed by atoms with Crippen LogP contribution in [0.5, 0.6) is 0 Å². The molecule has 0 atom stereocenters. The third-order valence-electron chi connectivity index (χ3n) is 2.48. The Morgan fingerprint density at radius 2 is 2.00 bits per heavy atom. The molecule has 5 heteroatoms. The van der Waals surface area contributed by atoms with E-state index in [1.807, 2.05) is 7.05 Å². The van der Waals surface area contributed by atoms with Crippen molar-refractivity contribution in [2.75, 3.05) is 33.0 Å². The SMILES string of the molecule is COC(=O)CCN(C)CCSc1ccc(F)cc1. The van der Waals surface area contributed by atoms with Crippen molar-refractivity contribution in [2.24, 2.45) is 0 Å². The quantitative estimate of drug-likeness (QED) is 0.562. The van der Waals surface area contributed by atoms with E-state index in [2.05, 4.69) is 9.64 Å². The Balaban J connectivity index is 2.17. The molecule has 0 aromatic heterocycles. The molecule has 0 N–H and O–H groups in total. The highest BCUT2D eigenvalue weighted by Crippen LogP contribution is 2.17. The third kappa shape index (κ3) is 6.02. The molecule has 1 aromatic carbocycles. The zero-order valence-electron chi connectivity index (χ0n) is 10.7. The minimum atomic E-state index is -0.213. The van der Waals surface area contributed by atoms with Crippen LogP contribution >= 0.6 is 11.8 Å². The van der Waals surface area contributed by atoms with Gasteiger partial charge in [0.15, 0.2) is 0 Å². The van der Waals surface area contributed by atoms with E-state index in [0.29, 0.717) is 13.0 Å². The van der Waals surface area contributed by atoms with Gasteiger partial charge < -0.3 is 9.64 Å². The molecule has 0 fully saturated rings. The minimum absolute atomic E-state index is 0.187. The number of hydrogen-bond donors (Lipinski definition) is 0. The maximum Gasteiger partial charge on any atom is 0.306 e. The van der Waals surface area contributed by atoms with Crippen LogP contribution in [0.4, 0.5) is 4.39 Å². The summed E-state index contributed by atoms with van der Waals surface area (Å²) in [6.45, 7) is 1.57. The molecule has 3 nitrogen and oxygen atoms in total. The first-order chi connectivity index (χ1) is 8.61. The van der Waals surface area contributed by atoms with E-state index >= 15 is 0 Å². The van der Waals surface area contributed by atoms with Crippen molar-refractivity contribution < 1.29 is 13.9 Å². The maximum absolute atomic E-state index is 12.7. The van der Waals surface area contributed by atoms with Crippen LogP contribution < -0.4 is 0 Å². The summed E-state index contributed by atoms with van der Waals surface area (Å²) < 4.78 is 17.3. The minimum Gasteiger partial charge on any atom is -0.469 e. The van der Waals surface area contributed by atoms with Gasteiger partial charge in [-0.15, -0.1) is 11.8 Å². The number of benzene rings is 1. The van der Waals surface area contributed by atoms with Gasteiger partial charge in [0.1, 0.15) is 5.82 Å². The lowest BCUT2D eigenvalue weighted by Gasteiger charge is -2.15. The van der Waals surface area contributed by atoms with Gasteiger partial charge in [-0.3, -0.25) is 4.79 Å². The maximum atomic E-state index is 12.7. The molecule has 1 aromatic rings. The lowest BCUT2D eigenvalue weighted by Crippen LogP contribution is -2.24. The van der Waals surface area contributed by atoms with Crippen molar-refractivity contribution >= 4 is 17.7 Å². The third-order valence-corrected chi connectivity index (χ3v) is 3.47. The summed E-state index contributed by atoms with van der Waals surface area (Å²) >= 11 is 1.67. The Hall–Kier alpha value is -1.07. The number of carbonyl (C=O) groups is 1. The summed E-state index contributed by atoms with van der Waals surface area (Å²) in [5, 5.41) is 0. The number of ether oxygens (including phenoxy) is 1. The highest BCUT2D eigenvalue weighted by atomic mass is 32.2. The molecule has 0 saturated carbocycles. The van der Waals surface area contributed by atoms with E-state index in [-0.39, 0.29) is 11.8 Å². The number of rotatable bonds is 7. The van der Waals surface area contributed by atoms with E-state index in [1.165, 1.54) is 19.2 Å². The molecule has 18 heavy (non-hydrogen) atoms. The molecule has 0 saturated heterocycles. The number of esters is 1. The summed E-state index contributed by atoms with van der Waals surface area (Å²) in [5.74, 6) is 0.506. The van der Waals surface area contributed by atoms with Crippen LogP contribution in [-0.4, -0.2) is 43.9 Å². The second-order valence-corrected chi connectivity index (χ2v) is 5.10. The molecule has 0 spiro atoms. The molecule has 0 aliphatic heterocycles. The molecule has 0 aliphatic carbocycles. The van der Waals surface area contributed by atoms with Gasteiger partial charge in [-0.05, 0) is 31.3 Å². The fourth-order valence-corrected chi connectivity index (χ4v) is 2.31. The van der Waals surface area contributed by atoms with Crippen LogP contribution in [0.15, 0.2) is 29.2 Å². The summed E-state index contributed by atoms with van der Waals surface area (Å²) in [5.41, 5.74) is 0. The van der Waals surface area contributed by atoms with E-state index in [0.717, 1.165) is 17.2 Å². The van der Waals surface area contributed by atoms with Crippen molar-refractivity contribution in [3.8, 4) is 0 Å². The lowest BCUT2D eigenvalue weighted by molar-refractivity contribution is -0.140. The monoisotopic (exact) mass is 271 g/mol. The van der Waals surface area contributed by atoms with Crippen molar-refractivity contribution in [1.29, 1.82) is 0 Å². The van der Waals surface area contributed by atoms with Gasteiger partial charge in [-0.25, -0.2) is 4.39 Å². The van der Waals surface area contributed by atoms with Gasteiger partial charge in [0.25, 0.3) is 0 Å². The molecular weight excluding hydrogens is 253 g/mol. The van der Waals surface area contributed by atoms with Crippen molar-refractivity contribution in [1.82, 2.24) is 4.90 Å². The standard InChI is InChI=1S/C13H18FNO2S/c1-15(8-7-13(16)17-2)9-10-18-12-5-3-11(14)4-6-12/h3-6H,7-10H2,1-2H3. The van der Waals surface area contributed by atoms with Crippen molar-refractivity contribution in [3.63, 3.8) is 0 Å². The molecule has 0 radical (unpaired) electrons. The smallest absolute Gasteiger partial charge is 0.306 e. The van der Waals surface area contributed by atoms with E-state index < -0.39 is 0 Å². The first-order valence-electron chi connectivity index (χ1n) is 5.75. The summed E-state index contributed by atoms with van der Waals surface area (Å²) in [7, 11) is 3.36. The number of halogens is 1. The summed E-state index contributed by atoms with van der Waals surface area (Å²) in [6.07, 6.45) is 0.411. The van der Waals surface area contributed by atoms with Gasteiger partial charge >= 0.3 is 5.97 Å². The van der Waals surface area contributed by atoms with Gasteiger partial charge in [-0.1, -0.05) is 0 Å². The van der Waals surface area contributed by atoms with Crippen LogP contribution in [0, 0.1) is 5.82 Å². The average Bonchev–Trinajstić information content (AvgIpc) is 2.38. The molecule has 0 bridgehead atoms. The molecule has 1 rings (SSSR count). The Labute approximate surface area is 111 Å². The first kappa shape index (κ1) is 15.0. The average molecular weight is 271 g/mol. The molecule has 100 valence electrons. The number of methoxy groups -OCH3 is 1. The van der Waals surface area contributed by atoms with Crippen LogP contribution in [0.2, 0.25) is 0 Å². The van der Waals surface area contributed by atoms with Crippen molar-refractivity contribution in [2.45, 2.75) is 11.3 Å². The summed E-state index contributed by atoms with van der Waals surface area (Å²) in [6, 6.07) is 6.47. The lowest BCUT2D eigenvalue weighted by atomic mass is 10.4. The van der Waals surface area contributed by atoms with Crippen LogP contribution in [-0.2, 0) is 9.53 Å². The molecule has 0 heterocycles. The van der Waals surface area contributed by atoms with Crippen LogP contribution in [0.3, 0.4) is 0 Å². The first-order valence-corrected chi connectivity index (χ1v) is 6.74. The molecule has 0 amide bonds. The van der Waals surface area contributed by atoms with Gasteiger partial charge in [0, 0.05) is 23.7 Å². The Morgan fingerprint density at radius 1 is 1.33 bits per heavy atom. The van der Waals surface area contributed by atoms with Gasteiger partial charge in [-0.2, -0.15) is 0 Å². The predicted octanol–water partition coefficient (Wildman–Crippen LogP) is 2.41. The second kappa shape index (κ2) is 8.11. The largest absolute Gasteiger partial charge is 0.469 e. The number of hydrogen-bond acceptors (Lipinski definition) is 4. The predicted molar refractivity (Wildman–Crippen MR) is 71.3 cm³/mol. The van der Waals surface area contributed by atoms with E-state index in [1.54, 1.807) is 23.9 Å². The van der Waals surface area contributed by atoms with Crippen molar-refractivity contribution in [3.05, 3.63) is 30.1 Å². The number of carbonyl (C=O) groups excluding carboxylic acids is 1. The zero-order valence-corrected chi connectivity index (χ0v) is 11.5. The Kier molecular flexibility index (Phi) is 6.75. The van der Waals surface area contributed by atoms with Crippen LogP contribution in [0.1, 0.15) is 6.42 Å². The number of nitrogens with zero attached hydrogens (tertiary/aromatic N) is 1. The topological polar surface area (TPSA) is 29.5 Å². The number of thioether (sulfide) groups is 1. The zero-order chi connectivity index (χ0) is 13.4. The second-order valence-electron chi connectivity index (χ2n) is 3.93. The van der Waals surface area contributed by atoms with E-state index in [9.17, 15) is 9.18 Å². The fourth-order valence-electron chi connectivity index (χ4n) is 1.35. The molecule has 0 unspecified atom stereocenters. The van der Waals surface area contributed by atoms with Gasteiger partial charge in [0.05, 0.1) is 13.5 Å². The Morgan fingerprint density at radius 3 is 2.61 bits per heavy atom. The van der Waals surface area contributed by atoms with Gasteiger partial charge in [0.2, 0.25) is 0 Å². The van der Waals surface area contributed by atoms with E-state index in [4.69, 9.17) is 0 Å². The molecule has 0 aliphatic rings. The highest BCUT2D eigenvalue weighted by molar-refractivity contribution is 7.99. The van der Waals surface area contributed by atoms with Crippen LogP contribution in [0.25, 0.3) is 0 Å². The highest BCUT2D eigenvalue weighted by Gasteiger charge is 2.04. The normalized spacial score (nSPS) is 10.7.